The van der Waals surface area contributed by atoms with Crippen molar-refractivity contribution < 1.29 is 18.7 Å². The Morgan fingerprint density at radius 3 is 2.45 bits per heavy atom. The molecule has 0 saturated carbocycles. The van der Waals surface area contributed by atoms with Gasteiger partial charge in [0, 0.05) is 24.5 Å². The third kappa shape index (κ3) is 7.47. The summed E-state index contributed by atoms with van der Waals surface area (Å²) >= 11 is 2.15. The number of aryl methyl sites for hydroxylation is 2. The molecule has 5 rings (SSSR count). The molecule has 11 nitrogen and oxygen atoms in total. The second kappa shape index (κ2) is 16.0. The molecular formula is C32H40IN7O4. The zero-order valence-electron chi connectivity index (χ0n) is 26.7. The number of hydrogen-bond acceptors (Lipinski definition) is 10. The monoisotopic (exact) mass is 713 g/mol. The number of para-hydroxylation sites is 3. The van der Waals surface area contributed by atoms with Crippen LogP contribution >= 0.6 is 22.6 Å². The van der Waals surface area contributed by atoms with Gasteiger partial charge in [0.2, 0.25) is 11.8 Å². The molecule has 1 atom stereocenters. The second-order valence-electron chi connectivity index (χ2n) is 9.25. The van der Waals surface area contributed by atoms with Crippen LogP contribution in [0.1, 0.15) is 61.0 Å². The van der Waals surface area contributed by atoms with Gasteiger partial charge in [-0.3, -0.25) is 4.68 Å². The van der Waals surface area contributed by atoms with E-state index >= 15 is 0 Å². The van der Waals surface area contributed by atoms with E-state index in [1.165, 1.54) is 6.20 Å². The van der Waals surface area contributed by atoms with Gasteiger partial charge in [-0.15, -0.1) is 0 Å². The molecular weight excluding hydrogens is 673 g/mol. The average molecular weight is 714 g/mol. The normalized spacial score (nSPS) is 11.0. The van der Waals surface area contributed by atoms with Crippen molar-refractivity contribution in [2.24, 2.45) is 7.05 Å². The number of benzene rings is 2. The van der Waals surface area contributed by atoms with E-state index in [0.717, 1.165) is 22.5 Å². The molecule has 3 aromatic heterocycles. The van der Waals surface area contributed by atoms with E-state index in [0.29, 0.717) is 34.4 Å². The van der Waals surface area contributed by atoms with Crippen LogP contribution in [0.15, 0.2) is 53.1 Å². The van der Waals surface area contributed by atoms with Crippen molar-refractivity contribution in [1.29, 1.82) is 0 Å². The first-order chi connectivity index (χ1) is 21.3. The number of methoxy groups -OCH3 is 1. The highest BCUT2D eigenvalue weighted by atomic mass is 127. The molecule has 0 fully saturated rings. The number of carbonyl (C=O) groups is 1. The summed E-state index contributed by atoms with van der Waals surface area (Å²) in [7, 11) is 3.47. The van der Waals surface area contributed by atoms with Gasteiger partial charge in [-0.1, -0.05) is 54.6 Å². The lowest BCUT2D eigenvalue weighted by molar-refractivity contribution is 0.0526. The van der Waals surface area contributed by atoms with E-state index in [1.54, 1.807) is 14.0 Å². The first-order valence-corrected chi connectivity index (χ1v) is 16.4. The maximum atomic E-state index is 12.8. The lowest BCUT2D eigenvalue weighted by Gasteiger charge is -2.18. The van der Waals surface area contributed by atoms with Crippen LogP contribution in [0.2, 0.25) is 0 Å². The summed E-state index contributed by atoms with van der Waals surface area (Å²) in [6.07, 6.45) is 1.45. The zero-order valence-corrected chi connectivity index (χ0v) is 28.8. The van der Waals surface area contributed by atoms with Gasteiger partial charge < -0.3 is 24.5 Å². The van der Waals surface area contributed by atoms with Crippen molar-refractivity contribution in [3.8, 4) is 17.2 Å². The highest BCUT2D eigenvalue weighted by molar-refractivity contribution is 14.1. The molecule has 0 aliphatic heterocycles. The van der Waals surface area contributed by atoms with Crippen LogP contribution in [0, 0.1) is 13.8 Å². The Hall–Kier alpha value is -4.20. The number of oxazole rings is 1. The number of esters is 1. The number of anilines is 3. The van der Waals surface area contributed by atoms with E-state index in [2.05, 4.69) is 53.3 Å². The molecule has 0 radical (unpaired) electrons. The third-order valence-corrected chi connectivity index (χ3v) is 6.62. The van der Waals surface area contributed by atoms with Crippen molar-refractivity contribution in [1.82, 2.24) is 24.7 Å². The Kier molecular flexibility index (Phi) is 12.5. The summed E-state index contributed by atoms with van der Waals surface area (Å²) in [5, 5.41) is 11.1. The van der Waals surface area contributed by atoms with Crippen LogP contribution in [-0.2, 0) is 11.8 Å². The van der Waals surface area contributed by atoms with Crippen LogP contribution < -0.4 is 15.4 Å². The molecule has 12 heteroatoms. The summed E-state index contributed by atoms with van der Waals surface area (Å²) in [5.74, 6) is 0.938. The molecule has 0 spiro atoms. The average Bonchev–Trinajstić information content (AvgIpc) is 3.58. The summed E-state index contributed by atoms with van der Waals surface area (Å²) in [6, 6.07) is 12.9. The zero-order chi connectivity index (χ0) is 32.4. The van der Waals surface area contributed by atoms with Crippen LogP contribution in [0.3, 0.4) is 0 Å². The molecule has 0 bridgehead atoms. The molecule has 3 heterocycles. The largest absolute Gasteiger partial charge is 0.494 e. The Morgan fingerprint density at radius 2 is 1.82 bits per heavy atom. The van der Waals surface area contributed by atoms with Crippen LogP contribution in [0.5, 0.6) is 5.75 Å². The molecule has 2 N–H and O–H groups in total. The number of aromatic nitrogens is 5. The Balaban J connectivity index is 0.00000127. The number of ether oxygens (including phenoxy) is 2. The molecule has 2 aromatic carbocycles. The van der Waals surface area contributed by atoms with Crippen LogP contribution in [0.25, 0.3) is 22.6 Å². The Labute approximate surface area is 271 Å². The van der Waals surface area contributed by atoms with Gasteiger partial charge in [-0.25, -0.2) is 14.8 Å². The van der Waals surface area contributed by atoms with Gasteiger partial charge in [-0.2, -0.15) is 10.1 Å². The van der Waals surface area contributed by atoms with Crippen molar-refractivity contribution in [3.63, 3.8) is 0 Å². The predicted molar refractivity (Wildman–Crippen MR) is 183 cm³/mol. The minimum atomic E-state index is -0.544. The van der Waals surface area contributed by atoms with Crippen molar-refractivity contribution in [2.75, 3.05) is 29.3 Å². The number of carbonyl (C=O) groups excluding carboxylic acids is 1. The maximum absolute atomic E-state index is 12.8. The molecule has 0 amide bonds. The van der Waals surface area contributed by atoms with Gasteiger partial charge in [0.15, 0.2) is 17.2 Å². The highest BCUT2D eigenvalue weighted by Gasteiger charge is 2.22. The summed E-state index contributed by atoms with van der Waals surface area (Å²) < 4.78 is 18.9. The lowest BCUT2D eigenvalue weighted by Crippen LogP contribution is -2.15. The minimum absolute atomic E-state index is 0.132. The van der Waals surface area contributed by atoms with Gasteiger partial charge in [0.1, 0.15) is 11.1 Å². The number of rotatable bonds is 9. The first-order valence-electron chi connectivity index (χ1n) is 14.3. The number of alkyl halides is 1. The Morgan fingerprint density at radius 1 is 1.09 bits per heavy atom. The third-order valence-electron chi connectivity index (χ3n) is 6.62. The molecule has 0 aliphatic rings. The standard InChI is InChI=1S/C29H31N7O4.C2H6.CH3I/c1-7-39-28(37)20-15-30-29(31-16(2)24-17(3)35-36(5)18(24)4)34-26(20)32-22-13-10-11-19(25(22)38-6)27-33-21-12-8-9-14-23(21)40-27;2*1-2/h8-16H,7H2,1-6H3,(H2,30,31,32,34);1-2H3;1H3. The number of nitrogens with one attached hydrogen (secondary N) is 2. The minimum Gasteiger partial charge on any atom is -0.494 e. The smallest absolute Gasteiger partial charge is 0.343 e. The number of halogens is 1. The van der Waals surface area contributed by atoms with Crippen molar-refractivity contribution >= 4 is 57.1 Å². The fourth-order valence-corrected chi connectivity index (χ4v) is 4.73. The van der Waals surface area contributed by atoms with E-state index in [-0.39, 0.29) is 24.0 Å². The van der Waals surface area contributed by atoms with E-state index in [4.69, 9.17) is 13.9 Å². The summed E-state index contributed by atoms with van der Waals surface area (Å²) in [6.45, 7) is 12.0. The molecule has 0 aliphatic carbocycles. The molecule has 0 saturated heterocycles. The van der Waals surface area contributed by atoms with Gasteiger partial charge in [0.05, 0.1) is 36.7 Å². The highest BCUT2D eigenvalue weighted by Crippen LogP contribution is 2.39. The van der Waals surface area contributed by atoms with Crippen molar-refractivity contribution in [3.05, 3.63) is 71.2 Å². The first kappa shape index (κ1) is 34.3. The lowest BCUT2D eigenvalue weighted by atomic mass is 10.1. The van der Waals surface area contributed by atoms with Crippen LogP contribution in [0.4, 0.5) is 17.5 Å². The van der Waals surface area contributed by atoms with E-state index in [9.17, 15) is 4.79 Å². The van der Waals surface area contributed by atoms with Gasteiger partial charge in [-0.05, 0) is 56.9 Å². The number of fused-ring (bicyclic) bond motifs is 1. The van der Waals surface area contributed by atoms with E-state index < -0.39 is 5.97 Å². The molecule has 5 aromatic rings. The molecule has 234 valence electrons. The predicted octanol–water partition coefficient (Wildman–Crippen LogP) is 7.81. The van der Waals surface area contributed by atoms with Crippen molar-refractivity contribution in [2.45, 2.75) is 47.6 Å². The van der Waals surface area contributed by atoms with Crippen LogP contribution in [-0.4, -0.2) is 49.3 Å². The van der Waals surface area contributed by atoms with Gasteiger partial charge >= 0.3 is 5.97 Å². The quantitative estimate of drug-likeness (QED) is 0.0887. The second-order valence-corrected chi connectivity index (χ2v) is 9.25. The molecule has 1 unspecified atom stereocenters. The SMILES string of the molecule is CC.CCOC(=O)c1cnc(NC(C)c2c(C)nn(C)c2C)nc1Nc1cccc(-c2nc3ccccc3o2)c1OC.CI. The van der Waals surface area contributed by atoms with Gasteiger partial charge in [0.25, 0.3) is 0 Å². The summed E-state index contributed by atoms with van der Waals surface area (Å²) in [5.41, 5.74) is 5.81. The fraction of sp³-hybridized carbons (Fsp3) is 0.344. The Bertz CT molecular complexity index is 1670. The number of hydrogen-bond donors (Lipinski definition) is 2. The maximum Gasteiger partial charge on any atom is 0.343 e. The van der Waals surface area contributed by atoms with E-state index in [1.807, 2.05) is 93.7 Å². The topological polar surface area (TPSA) is 129 Å². The molecule has 44 heavy (non-hydrogen) atoms. The fourth-order valence-electron chi connectivity index (χ4n) is 4.73. The number of nitrogens with zero attached hydrogens (tertiary/aromatic N) is 5. The summed E-state index contributed by atoms with van der Waals surface area (Å²) in [4.78, 5) is 28.5.